The molecule has 13 nitrogen and oxygen atoms in total. The number of thiol groups is 1. The Morgan fingerprint density at radius 3 is 2.04 bits per heavy atom. The molecule has 0 spiro atoms. The van der Waals surface area contributed by atoms with Gasteiger partial charge in [0.15, 0.2) is 15.6 Å². The van der Waals surface area contributed by atoms with Crippen LogP contribution in [0.2, 0.25) is 0 Å². The number of benzene rings is 2. The molecule has 1 aliphatic rings. The van der Waals surface area contributed by atoms with Crippen molar-refractivity contribution in [1.82, 2.24) is 21.3 Å². The van der Waals surface area contributed by atoms with Gasteiger partial charge in [0, 0.05) is 29.6 Å². The summed E-state index contributed by atoms with van der Waals surface area (Å²) in [7, 11) is -3.34. The van der Waals surface area contributed by atoms with Crippen molar-refractivity contribution in [3.63, 3.8) is 0 Å². The molecule has 2 aromatic carbocycles. The van der Waals surface area contributed by atoms with Crippen LogP contribution in [0.5, 0.6) is 0 Å². The Balaban J connectivity index is 1.26. The van der Waals surface area contributed by atoms with Gasteiger partial charge in [-0.15, -0.1) is 0 Å². The number of carbonyl (C=O) groups excluding carboxylic acids is 5. The first-order valence-corrected chi connectivity index (χ1v) is 19.8. The first-order valence-electron chi connectivity index (χ1n) is 17.2. The van der Waals surface area contributed by atoms with Crippen LogP contribution in [0.25, 0.3) is 11.1 Å². The first kappa shape index (κ1) is 41.9. The quantitative estimate of drug-likeness (QED) is 0.0556. The highest BCUT2D eigenvalue weighted by Gasteiger charge is 2.27. The molecule has 0 saturated carbocycles. The molecule has 0 aliphatic carbocycles. The zero-order valence-corrected chi connectivity index (χ0v) is 31.2. The summed E-state index contributed by atoms with van der Waals surface area (Å²) in [6.07, 6.45) is 8.32. The summed E-state index contributed by atoms with van der Waals surface area (Å²) in [5.41, 5.74) is 9.28. The molecule has 0 radical (unpaired) electrons. The van der Waals surface area contributed by atoms with Gasteiger partial charge in [0.25, 0.3) is 5.91 Å². The normalized spacial score (nSPS) is 13.2. The average molecular weight is 756 g/mol. The third-order valence-corrected chi connectivity index (χ3v) is 9.83. The highest BCUT2D eigenvalue weighted by Crippen LogP contribution is 2.33. The van der Waals surface area contributed by atoms with Crippen molar-refractivity contribution in [1.29, 1.82) is 0 Å². The van der Waals surface area contributed by atoms with E-state index in [0.717, 1.165) is 51.2 Å². The van der Waals surface area contributed by atoms with Crippen molar-refractivity contribution >= 4 is 63.1 Å². The minimum atomic E-state index is -3.34. The summed E-state index contributed by atoms with van der Waals surface area (Å²) in [5.74, 6) is -1.47. The monoisotopic (exact) mass is 755 g/mol. The van der Waals surface area contributed by atoms with Crippen molar-refractivity contribution in [2.24, 2.45) is 5.73 Å². The molecule has 1 atom stereocenters. The Morgan fingerprint density at radius 1 is 0.808 bits per heavy atom. The molecule has 6 N–H and O–H groups in total. The van der Waals surface area contributed by atoms with Gasteiger partial charge in [-0.3, -0.25) is 19.2 Å². The van der Waals surface area contributed by atoms with E-state index in [2.05, 4.69) is 40.5 Å². The molecule has 0 aromatic heterocycles. The van der Waals surface area contributed by atoms with Crippen LogP contribution < -0.4 is 27.0 Å². The van der Waals surface area contributed by atoms with Crippen LogP contribution in [0.1, 0.15) is 72.9 Å². The second-order valence-corrected chi connectivity index (χ2v) is 14.9. The molecule has 3 rings (SSSR count). The molecular formula is C37H49N5O8S2. The van der Waals surface area contributed by atoms with Crippen LogP contribution in [0.4, 0.5) is 0 Å². The van der Waals surface area contributed by atoms with E-state index in [1.165, 1.54) is 12.1 Å². The number of esters is 1. The number of cyclic esters (lactones) is 1. The second-order valence-electron chi connectivity index (χ2n) is 12.6. The third-order valence-electron chi connectivity index (χ3n) is 8.41. The number of unbranched alkanes of at least 4 members (excludes halogenated alkanes) is 6. The lowest BCUT2D eigenvalue weighted by Gasteiger charge is -2.13. The van der Waals surface area contributed by atoms with Gasteiger partial charge in [0.05, 0.1) is 41.9 Å². The van der Waals surface area contributed by atoms with Gasteiger partial charge in [-0.1, -0.05) is 69.4 Å². The minimum Gasteiger partial charge on any atom is -0.457 e. The molecule has 1 aliphatic heterocycles. The number of sulfone groups is 1. The van der Waals surface area contributed by atoms with Crippen molar-refractivity contribution in [2.45, 2.75) is 62.3 Å². The van der Waals surface area contributed by atoms with Crippen molar-refractivity contribution in [3.05, 3.63) is 77.5 Å². The van der Waals surface area contributed by atoms with Gasteiger partial charge in [-0.25, -0.2) is 13.2 Å². The van der Waals surface area contributed by atoms with Gasteiger partial charge >= 0.3 is 5.97 Å². The number of hydrogen-bond donors (Lipinski definition) is 6. The fraction of sp³-hybridized carbons (Fsp3) is 0.432. The van der Waals surface area contributed by atoms with E-state index in [4.69, 9.17) is 10.5 Å². The van der Waals surface area contributed by atoms with Gasteiger partial charge in [0.1, 0.15) is 6.61 Å². The molecule has 0 bridgehead atoms. The van der Waals surface area contributed by atoms with Crippen LogP contribution in [0.3, 0.4) is 0 Å². The Hall–Kier alpha value is -4.47. The number of carbonyl (C=O) groups is 5. The smallest absolute Gasteiger partial charge is 0.339 e. The molecule has 2 aromatic rings. The van der Waals surface area contributed by atoms with Gasteiger partial charge < -0.3 is 31.7 Å². The summed E-state index contributed by atoms with van der Waals surface area (Å²) in [5, 5.41) is 10.8. The topological polar surface area (TPSA) is 203 Å². The van der Waals surface area contributed by atoms with E-state index in [1.54, 1.807) is 36.4 Å². The molecule has 0 saturated heterocycles. The molecule has 3 amide bonds. The lowest BCUT2D eigenvalue weighted by Crippen LogP contribution is -2.42. The lowest BCUT2D eigenvalue weighted by atomic mass is 9.96. The summed E-state index contributed by atoms with van der Waals surface area (Å²) >= 11 is 3.86. The molecule has 0 fully saturated rings. The van der Waals surface area contributed by atoms with Crippen LogP contribution >= 0.6 is 12.6 Å². The van der Waals surface area contributed by atoms with E-state index >= 15 is 0 Å². The van der Waals surface area contributed by atoms with E-state index in [-0.39, 0.29) is 60.4 Å². The summed E-state index contributed by atoms with van der Waals surface area (Å²) in [6, 6.07) is 12.4. The zero-order valence-electron chi connectivity index (χ0n) is 29.5. The van der Waals surface area contributed by atoms with E-state index in [1.807, 2.05) is 0 Å². The summed E-state index contributed by atoms with van der Waals surface area (Å²) in [6.45, 7) is 4.29. The van der Waals surface area contributed by atoms with Gasteiger partial charge in [-0.05, 0) is 48.2 Å². The van der Waals surface area contributed by atoms with E-state index in [9.17, 15) is 32.4 Å². The van der Waals surface area contributed by atoms with Crippen LogP contribution in [0.15, 0.2) is 65.7 Å². The maximum absolute atomic E-state index is 12.7. The van der Waals surface area contributed by atoms with Gasteiger partial charge in [0.2, 0.25) is 11.8 Å². The van der Waals surface area contributed by atoms with Gasteiger partial charge in [-0.2, -0.15) is 12.6 Å². The molecule has 1 heterocycles. The highest BCUT2D eigenvalue weighted by molar-refractivity contribution is 7.90. The number of amides is 3. The van der Waals surface area contributed by atoms with Crippen LogP contribution in [-0.2, 0) is 33.8 Å². The predicted molar refractivity (Wildman–Crippen MR) is 203 cm³/mol. The molecule has 15 heteroatoms. The predicted octanol–water partition coefficient (Wildman–Crippen LogP) is 2.57. The summed E-state index contributed by atoms with van der Waals surface area (Å²) < 4.78 is 28.9. The molecule has 282 valence electrons. The number of nitrogens with two attached hydrogens (primary N) is 1. The number of nitrogens with one attached hydrogen (secondary N) is 4. The SMILES string of the molecule is C=C(CNC(=O)CS)NCC(=O)NCC(=O)C(N)CCCCCCCCCNC(=O)c1ccc(C2=C(c3ccc(S(C)(=O)=O)cc3)COC2=O)cc1. The standard InChI is InChI=1S/C37H49N5O8S2/c1-25(20-41-34(45)24-51)40-22-33(44)42-21-32(43)31(38)10-8-6-4-3-5-7-9-19-39-36(46)28-13-11-27(12-14-28)35-30(23-50-37(35)47)26-15-17-29(18-16-26)52(2,48)49/h11-18,31,40,51H,1,3-10,19-24,38H2,2H3,(H,39,46)(H,41,45)(H,42,44). The van der Waals surface area contributed by atoms with E-state index in [0.29, 0.717) is 46.5 Å². The second kappa shape index (κ2) is 21.2. The molecule has 1 unspecified atom stereocenters. The number of Topliss-reactive ketones (excluding diaryl/α,β-unsaturated/α-hetero) is 1. The Bertz CT molecular complexity index is 1720. The fourth-order valence-electron chi connectivity index (χ4n) is 5.36. The van der Waals surface area contributed by atoms with Crippen molar-refractivity contribution in [2.75, 3.05) is 44.8 Å². The third kappa shape index (κ3) is 13.9. The van der Waals surface area contributed by atoms with Crippen LogP contribution in [0, 0.1) is 0 Å². The minimum absolute atomic E-state index is 0.0577. The summed E-state index contributed by atoms with van der Waals surface area (Å²) in [4.78, 5) is 60.9. The fourth-order valence-corrected chi connectivity index (χ4v) is 6.11. The number of rotatable bonds is 23. The highest BCUT2D eigenvalue weighted by atomic mass is 32.2. The lowest BCUT2D eigenvalue weighted by molar-refractivity contribution is -0.134. The largest absolute Gasteiger partial charge is 0.457 e. The average Bonchev–Trinajstić information content (AvgIpc) is 3.52. The van der Waals surface area contributed by atoms with Crippen molar-refractivity contribution < 1.29 is 37.1 Å². The molecule has 52 heavy (non-hydrogen) atoms. The Labute approximate surface area is 310 Å². The maximum Gasteiger partial charge on any atom is 0.339 e. The van der Waals surface area contributed by atoms with E-state index < -0.39 is 21.8 Å². The van der Waals surface area contributed by atoms with Crippen LogP contribution in [-0.4, -0.2) is 88.7 Å². The number of ether oxygens (including phenoxy) is 1. The number of ketones is 1. The maximum atomic E-state index is 12.7. The Morgan fingerprint density at radius 2 is 1.40 bits per heavy atom. The Kier molecular flexibility index (Phi) is 17.1. The van der Waals surface area contributed by atoms with Crippen molar-refractivity contribution in [3.8, 4) is 0 Å². The number of hydrogen-bond acceptors (Lipinski definition) is 11. The first-order chi connectivity index (χ1) is 24.8. The molecular weight excluding hydrogens is 707 g/mol. The zero-order chi connectivity index (χ0) is 38.1.